The van der Waals surface area contributed by atoms with Gasteiger partial charge >= 0.3 is 12.6 Å². The number of esters is 1. The molecule has 0 radical (unpaired) electrons. The lowest BCUT2D eigenvalue weighted by Crippen LogP contribution is -2.14. The summed E-state index contributed by atoms with van der Waals surface area (Å²) >= 11 is 1.29. The van der Waals surface area contributed by atoms with Crippen molar-refractivity contribution in [1.29, 1.82) is 0 Å². The Morgan fingerprint density at radius 2 is 2.14 bits per heavy atom. The Bertz CT molecular complexity index is 1080. The molecule has 146 valence electrons. The number of ether oxygens (including phenoxy) is 3. The lowest BCUT2D eigenvalue weighted by molar-refractivity contribution is -0.139. The van der Waals surface area contributed by atoms with E-state index in [1.165, 1.54) is 59.3 Å². The van der Waals surface area contributed by atoms with Gasteiger partial charge in [0.05, 0.1) is 12.8 Å². The lowest BCUT2D eigenvalue weighted by atomic mass is 10.2. The van der Waals surface area contributed by atoms with Crippen molar-refractivity contribution in [1.82, 2.24) is 9.38 Å². The third-order valence-electron chi connectivity index (χ3n) is 3.53. The maximum atomic E-state index is 12.3. The number of methoxy groups -OCH3 is 1. The van der Waals surface area contributed by atoms with Gasteiger partial charge in [-0.3, -0.25) is 9.20 Å². The second-order valence-corrected chi connectivity index (χ2v) is 6.24. The van der Waals surface area contributed by atoms with E-state index in [0.29, 0.717) is 16.2 Å². The smallest absolute Gasteiger partial charge is 0.387 e. The Labute approximate surface area is 161 Å². The Hall–Kier alpha value is -3.27. The van der Waals surface area contributed by atoms with Crippen LogP contribution in [0.4, 0.5) is 8.78 Å². The van der Waals surface area contributed by atoms with Gasteiger partial charge in [0.15, 0.2) is 16.5 Å². The molecule has 10 heteroatoms. The highest BCUT2D eigenvalue weighted by molar-refractivity contribution is 7.15. The molecule has 28 heavy (non-hydrogen) atoms. The predicted molar refractivity (Wildman–Crippen MR) is 97.8 cm³/mol. The Kier molecular flexibility index (Phi) is 5.99. The molecule has 7 nitrogen and oxygen atoms in total. The van der Waals surface area contributed by atoms with E-state index in [9.17, 15) is 18.4 Å². The summed E-state index contributed by atoms with van der Waals surface area (Å²) in [5.41, 5.74) is 0.599. The van der Waals surface area contributed by atoms with Crippen LogP contribution in [0, 0.1) is 0 Å². The van der Waals surface area contributed by atoms with Gasteiger partial charge < -0.3 is 14.2 Å². The first-order valence-electron chi connectivity index (χ1n) is 7.90. The Balaban J connectivity index is 1.63. The van der Waals surface area contributed by atoms with Crippen LogP contribution in [0.25, 0.3) is 11.0 Å². The van der Waals surface area contributed by atoms with E-state index in [4.69, 9.17) is 9.47 Å². The Morgan fingerprint density at radius 3 is 2.89 bits per heavy atom. The van der Waals surface area contributed by atoms with Crippen molar-refractivity contribution in [3.63, 3.8) is 0 Å². The van der Waals surface area contributed by atoms with Crippen LogP contribution in [0.15, 0.2) is 46.7 Å². The highest BCUT2D eigenvalue weighted by atomic mass is 32.1. The van der Waals surface area contributed by atoms with Crippen molar-refractivity contribution in [2.24, 2.45) is 0 Å². The number of nitrogens with zero attached hydrogens (tertiary/aromatic N) is 2. The van der Waals surface area contributed by atoms with Gasteiger partial charge in [0.25, 0.3) is 5.56 Å². The highest BCUT2D eigenvalue weighted by Crippen LogP contribution is 2.29. The number of aromatic nitrogens is 2. The maximum Gasteiger partial charge on any atom is 0.387 e. The van der Waals surface area contributed by atoms with E-state index in [-0.39, 0.29) is 23.7 Å². The summed E-state index contributed by atoms with van der Waals surface area (Å²) in [6, 6.07) is 5.53. The molecule has 0 saturated heterocycles. The molecular formula is C18H14F2N2O5S. The van der Waals surface area contributed by atoms with Crippen molar-refractivity contribution >= 4 is 28.3 Å². The van der Waals surface area contributed by atoms with Crippen LogP contribution in [0.1, 0.15) is 11.3 Å². The SMILES string of the molecule is COc1cc(C=CC(=O)OCc2cc(=O)n3ccsc3n2)ccc1OC(F)F. The van der Waals surface area contributed by atoms with Crippen LogP contribution in [0.3, 0.4) is 0 Å². The maximum absolute atomic E-state index is 12.3. The average molecular weight is 408 g/mol. The predicted octanol–water partition coefficient (Wildman–Crippen LogP) is 3.12. The Morgan fingerprint density at radius 1 is 1.32 bits per heavy atom. The largest absolute Gasteiger partial charge is 0.493 e. The molecule has 3 aromatic rings. The fraction of sp³-hybridized carbons (Fsp3) is 0.167. The molecule has 0 spiro atoms. The molecule has 2 heterocycles. The molecule has 0 fully saturated rings. The molecule has 0 aliphatic rings. The summed E-state index contributed by atoms with van der Waals surface area (Å²) in [4.78, 5) is 28.5. The zero-order valence-corrected chi connectivity index (χ0v) is 15.3. The molecule has 0 bridgehead atoms. The fourth-order valence-electron chi connectivity index (χ4n) is 2.30. The number of benzene rings is 1. The van der Waals surface area contributed by atoms with Crippen LogP contribution in [0.2, 0.25) is 0 Å². The lowest BCUT2D eigenvalue weighted by Gasteiger charge is -2.10. The van der Waals surface area contributed by atoms with Crippen LogP contribution in [0.5, 0.6) is 11.5 Å². The van der Waals surface area contributed by atoms with E-state index >= 15 is 0 Å². The van der Waals surface area contributed by atoms with E-state index in [1.54, 1.807) is 11.6 Å². The molecule has 0 atom stereocenters. The minimum atomic E-state index is -2.97. The number of fused-ring (bicyclic) bond motifs is 1. The van der Waals surface area contributed by atoms with Gasteiger partial charge in [-0.25, -0.2) is 9.78 Å². The first kappa shape index (κ1) is 19.5. The molecule has 0 aliphatic heterocycles. The molecule has 2 aromatic heterocycles. The van der Waals surface area contributed by atoms with E-state index < -0.39 is 12.6 Å². The second kappa shape index (κ2) is 8.61. The van der Waals surface area contributed by atoms with Gasteiger partial charge in [-0.2, -0.15) is 8.78 Å². The summed E-state index contributed by atoms with van der Waals surface area (Å²) < 4.78 is 40.5. The first-order valence-corrected chi connectivity index (χ1v) is 8.77. The van der Waals surface area contributed by atoms with Crippen LogP contribution in [-0.4, -0.2) is 29.1 Å². The molecule has 0 N–H and O–H groups in total. The average Bonchev–Trinajstić information content (AvgIpc) is 3.14. The molecule has 1 aromatic carbocycles. The number of thiazole rings is 1. The summed E-state index contributed by atoms with van der Waals surface area (Å²) in [6.45, 7) is -3.13. The number of carbonyl (C=O) groups excluding carboxylic acids is 1. The third kappa shape index (κ3) is 4.71. The van der Waals surface area contributed by atoms with Crippen molar-refractivity contribution in [2.45, 2.75) is 13.2 Å². The number of hydrogen-bond acceptors (Lipinski definition) is 7. The van der Waals surface area contributed by atoms with Crippen molar-refractivity contribution in [3.05, 3.63) is 63.5 Å². The number of alkyl halides is 2. The minimum absolute atomic E-state index is 0.102. The van der Waals surface area contributed by atoms with Gasteiger partial charge in [-0.1, -0.05) is 6.07 Å². The summed E-state index contributed by atoms with van der Waals surface area (Å²) in [6.07, 6.45) is 4.21. The molecule has 0 amide bonds. The number of carbonyl (C=O) groups is 1. The molecular weight excluding hydrogens is 394 g/mol. The summed E-state index contributed by atoms with van der Waals surface area (Å²) in [7, 11) is 1.31. The summed E-state index contributed by atoms with van der Waals surface area (Å²) in [5, 5.41) is 1.73. The topological polar surface area (TPSA) is 79.1 Å². The number of hydrogen-bond donors (Lipinski definition) is 0. The quantitative estimate of drug-likeness (QED) is 0.442. The van der Waals surface area contributed by atoms with Crippen molar-refractivity contribution in [3.8, 4) is 11.5 Å². The van der Waals surface area contributed by atoms with Gasteiger partial charge in [0.2, 0.25) is 0 Å². The number of halogens is 2. The van der Waals surface area contributed by atoms with E-state index in [2.05, 4.69) is 9.72 Å². The molecule has 0 unspecified atom stereocenters. The molecule has 0 saturated carbocycles. The summed E-state index contributed by atoms with van der Waals surface area (Å²) in [5.74, 6) is -0.664. The third-order valence-corrected chi connectivity index (χ3v) is 4.29. The minimum Gasteiger partial charge on any atom is -0.493 e. The molecule has 3 rings (SSSR count). The van der Waals surface area contributed by atoms with Gasteiger partial charge in [-0.05, 0) is 23.8 Å². The van der Waals surface area contributed by atoms with Crippen LogP contribution < -0.4 is 15.0 Å². The standard InChI is InChI=1S/C18H14F2N2O5S/c1-25-14-8-11(2-4-13(14)27-17(19)20)3-5-16(24)26-10-12-9-15(23)22-6-7-28-18(22)21-12/h2-9,17H,10H2,1H3. The zero-order valence-electron chi connectivity index (χ0n) is 14.5. The zero-order chi connectivity index (χ0) is 20.1. The highest BCUT2D eigenvalue weighted by Gasteiger charge is 2.11. The van der Waals surface area contributed by atoms with Gasteiger partial charge in [0, 0.05) is 23.7 Å². The van der Waals surface area contributed by atoms with Gasteiger partial charge in [0.1, 0.15) is 6.61 Å². The van der Waals surface area contributed by atoms with E-state index in [0.717, 1.165) is 0 Å². The molecule has 0 aliphatic carbocycles. The second-order valence-electron chi connectivity index (χ2n) is 5.37. The van der Waals surface area contributed by atoms with Crippen molar-refractivity contribution < 1.29 is 27.8 Å². The first-order chi connectivity index (χ1) is 13.5. The van der Waals surface area contributed by atoms with Crippen LogP contribution in [-0.2, 0) is 16.1 Å². The monoisotopic (exact) mass is 408 g/mol. The van der Waals surface area contributed by atoms with E-state index in [1.807, 2.05) is 0 Å². The van der Waals surface area contributed by atoms with Gasteiger partial charge in [-0.15, -0.1) is 11.3 Å². The normalized spacial score (nSPS) is 11.3. The van der Waals surface area contributed by atoms with Crippen LogP contribution >= 0.6 is 11.3 Å². The fourth-order valence-corrected chi connectivity index (χ4v) is 3.04. The van der Waals surface area contributed by atoms with Crippen molar-refractivity contribution in [2.75, 3.05) is 7.11 Å². The number of rotatable bonds is 7.